The Labute approximate surface area is 191 Å². The van der Waals surface area contributed by atoms with Crippen molar-refractivity contribution in [2.24, 2.45) is 10.8 Å². The van der Waals surface area contributed by atoms with Crippen molar-refractivity contribution in [2.75, 3.05) is 6.54 Å². The summed E-state index contributed by atoms with van der Waals surface area (Å²) < 4.78 is 11.6. The number of para-hydroxylation sites is 2. The quantitative estimate of drug-likeness (QED) is 0.460. The number of benzene rings is 2. The number of likely N-dealkylation sites (tertiary alicyclic amines) is 1. The lowest BCUT2D eigenvalue weighted by Gasteiger charge is -2.37. The van der Waals surface area contributed by atoms with Crippen LogP contribution in [0.2, 0.25) is 0 Å². The van der Waals surface area contributed by atoms with E-state index >= 15 is 0 Å². The van der Waals surface area contributed by atoms with Gasteiger partial charge in [-0.2, -0.15) is 0 Å². The zero-order valence-corrected chi connectivity index (χ0v) is 19.3. The highest BCUT2D eigenvalue weighted by Gasteiger charge is 2.52. The van der Waals surface area contributed by atoms with E-state index in [1.807, 2.05) is 24.3 Å². The van der Waals surface area contributed by atoms with Crippen LogP contribution in [0.15, 0.2) is 56.1 Å². The zero-order chi connectivity index (χ0) is 23.0. The van der Waals surface area contributed by atoms with E-state index in [2.05, 4.69) is 25.8 Å². The van der Waals surface area contributed by atoms with Crippen molar-refractivity contribution in [2.45, 2.75) is 52.6 Å². The average Bonchev–Trinajstić information content (AvgIpc) is 3.27. The van der Waals surface area contributed by atoms with Gasteiger partial charge < -0.3 is 18.8 Å². The van der Waals surface area contributed by atoms with Crippen LogP contribution in [-0.2, 0) is 6.54 Å². The number of fused-ring (bicyclic) bond motifs is 4. The highest BCUT2D eigenvalue weighted by atomic mass is 16.4. The maximum Gasteiger partial charge on any atom is 0.349 e. The van der Waals surface area contributed by atoms with Gasteiger partial charge >= 0.3 is 5.63 Å². The van der Waals surface area contributed by atoms with Gasteiger partial charge in [0.1, 0.15) is 23.4 Å². The molecule has 0 amide bonds. The van der Waals surface area contributed by atoms with E-state index in [4.69, 9.17) is 8.83 Å². The summed E-state index contributed by atoms with van der Waals surface area (Å²) in [4.78, 5) is 18.9. The second kappa shape index (κ2) is 6.94. The monoisotopic (exact) mass is 445 g/mol. The Kier molecular flexibility index (Phi) is 4.31. The molecule has 33 heavy (non-hydrogen) atoms. The van der Waals surface area contributed by atoms with Gasteiger partial charge in [-0.15, -0.1) is 0 Å². The van der Waals surface area contributed by atoms with Gasteiger partial charge in [0.25, 0.3) is 0 Å². The summed E-state index contributed by atoms with van der Waals surface area (Å²) >= 11 is 0. The normalized spacial score (nSPS) is 26.3. The standard InChI is InChI=1S/C27H28N2O4/c1-26(2)11-17-12-27(3,14-26)15-29(17)13-19-21(30)9-8-16-10-18(25(31)33-23(16)19)24-28-20-6-4-5-7-22(20)32-24/h4-10,17,30H,11-15H2,1-3H3/p+1. The van der Waals surface area contributed by atoms with Gasteiger partial charge in [0.15, 0.2) is 11.2 Å². The Hall–Kier alpha value is -3.12. The number of rotatable bonds is 3. The summed E-state index contributed by atoms with van der Waals surface area (Å²) in [5, 5.41) is 11.5. The van der Waals surface area contributed by atoms with Crippen LogP contribution in [0, 0.1) is 10.8 Å². The summed E-state index contributed by atoms with van der Waals surface area (Å²) in [6.45, 7) is 8.83. The molecular weight excluding hydrogens is 416 g/mol. The minimum atomic E-state index is -0.510. The first-order chi connectivity index (χ1) is 15.7. The Bertz CT molecular complexity index is 1420. The third-order valence-corrected chi connectivity index (χ3v) is 7.58. The number of nitrogens with zero attached hydrogens (tertiary/aromatic N) is 1. The summed E-state index contributed by atoms with van der Waals surface area (Å²) in [6, 6.07) is 13.2. The lowest BCUT2D eigenvalue weighted by atomic mass is 9.65. The molecule has 2 fully saturated rings. The maximum atomic E-state index is 13.0. The predicted molar refractivity (Wildman–Crippen MR) is 126 cm³/mol. The fraction of sp³-hybridized carbons (Fsp3) is 0.407. The van der Waals surface area contributed by atoms with Gasteiger partial charge in [0.05, 0.1) is 18.2 Å². The maximum absolute atomic E-state index is 13.0. The zero-order valence-electron chi connectivity index (χ0n) is 19.3. The predicted octanol–water partition coefficient (Wildman–Crippen LogP) is 4.29. The first-order valence-corrected chi connectivity index (χ1v) is 11.7. The Morgan fingerprint density at radius 1 is 1.12 bits per heavy atom. The van der Waals surface area contributed by atoms with E-state index in [9.17, 15) is 9.90 Å². The summed E-state index contributed by atoms with van der Waals surface area (Å²) in [6.07, 6.45) is 3.61. The number of quaternary nitrogens is 1. The van der Waals surface area contributed by atoms with Crippen molar-refractivity contribution in [1.82, 2.24) is 4.98 Å². The number of phenols is 1. The molecule has 3 unspecified atom stereocenters. The lowest BCUT2D eigenvalue weighted by Crippen LogP contribution is -3.12. The largest absolute Gasteiger partial charge is 0.507 e. The molecule has 1 aliphatic carbocycles. The van der Waals surface area contributed by atoms with E-state index in [1.54, 1.807) is 18.2 Å². The van der Waals surface area contributed by atoms with Gasteiger partial charge in [0.2, 0.25) is 5.89 Å². The molecule has 1 saturated heterocycles. The van der Waals surface area contributed by atoms with Crippen LogP contribution in [0.3, 0.4) is 0 Å². The molecule has 3 atom stereocenters. The Balaban J connectivity index is 1.40. The fourth-order valence-electron chi connectivity index (χ4n) is 6.72. The van der Waals surface area contributed by atoms with Crippen molar-refractivity contribution in [3.63, 3.8) is 0 Å². The van der Waals surface area contributed by atoms with Crippen LogP contribution in [-0.4, -0.2) is 22.7 Å². The van der Waals surface area contributed by atoms with Crippen molar-refractivity contribution in [3.8, 4) is 17.2 Å². The molecule has 2 aromatic heterocycles. The molecule has 1 saturated carbocycles. The van der Waals surface area contributed by atoms with Gasteiger partial charge in [-0.25, -0.2) is 9.78 Å². The van der Waals surface area contributed by atoms with Crippen LogP contribution < -0.4 is 10.5 Å². The van der Waals surface area contributed by atoms with Crippen molar-refractivity contribution in [1.29, 1.82) is 0 Å². The molecule has 4 aromatic rings. The van der Waals surface area contributed by atoms with E-state index in [1.165, 1.54) is 24.2 Å². The summed E-state index contributed by atoms with van der Waals surface area (Å²) in [5.74, 6) is 0.425. The lowest BCUT2D eigenvalue weighted by molar-refractivity contribution is -0.928. The molecule has 1 aliphatic heterocycles. The van der Waals surface area contributed by atoms with E-state index < -0.39 is 5.63 Å². The first-order valence-electron chi connectivity index (χ1n) is 11.7. The molecule has 170 valence electrons. The highest BCUT2D eigenvalue weighted by Crippen LogP contribution is 2.47. The molecule has 0 radical (unpaired) electrons. The molecule has 6 heteroatoms. The van der Waals surface area contributed by atoms with Gasteiger partial charge in [-0.05, 0) is 42.2 Å². The summed E-state index contributed by atoms with van der Waals surface area (Å²) in [5.41, 5.74) is 2.91. The Morgan fingerprint density at radius 2 is 1.94 bits per heavy atom. The molecule has 6 nitrogen and oxygen atoms in total. The number of phenolic OH excluding ortho intramolecular Hbond substituents is 1. The van der Waals surface area contributed by atoms with Crippen LogP contribution in [0.5, 0.6) is 5.75 Å². The number of hydrogen-bond acceptors (Lipinski definition) is 5. The number of hydrogen-bond donors (Lipinski definition) is 2. The van der Waals surface area contributed by atoms with Crippen molar-refractivity contribution in [3.05, 3.63) is 58.4 Å². The van der Waals surface area contributed by atoms with Gasteiger partial charge in [0, 0.05) is 23.6 Å². The molecule has 0 spiro atoms. The highest BCUT2D eigenvalue weighted by molar-refractivity contribution is 5.85. The van der Waals surface area contributed by atoms with Crippen LogP contribution in [0.4, 0.5) is 0 Å². The molecule has 6 rings (SSSR count). The third-order valence-electron chi connectivity index (χ3n) is 7.58. The first kappa shape index (κ1) is 20.5. The van der Waals surface area contributed by atoms with Gasteiger partial charge in [-0.3, -0.25) is 0 Å². The van der Waals surface area contributed by atoms with Crippen LogP contribution in [0.25, 0.3) is 33.5 Å². The van der Waals surface area contributed by atoms with E-state index in [-0.39, 0.29) is 17.2 Å². The average molecular weight is 446 g/mol. The Morgan fingerprint density at radius 3 is 2.76 bits per heavy atom. The van der Waals surface area contributed by atoms with E-state index in [0.29, 0.717) is 45.7 Å². The smallest absolute Gasteiger partial charge is 0.349 e. The summed E-state index contributed by atoms with van der Waals surface area (Å²) in [7, 11) is 0. The number of aromatic hydroxyl groups is 1. The minimum absolute atomic E-state index is 0.179. The molecule has 3 heterocycles. The topological polar surface area (TPSA) is 80.9 Å². The fourth-order valence-corrected chi connectivity index (χ4v) is 6.72. The second-order valence-electron chi connectivity index (χ2n) is 11.2. The molecule has 2 aliphatic rings. The van der Waals surface area contributed by atoms with Crippen molar-refractivity contribution < 1.29 is 18.8 Å². The van der Waals surface area contributed by atoms with Crippen molar-refractivity contribution >= 4 is 22.1 Å². The second-order valence-corrected chi connectivity index (χ2v) is 11.2. The van der Waals surface area contributed by atoms with Crippen LogP contribution in [0.1, 0.15) is 45.6 Å². The molecular formula is C27H29N2O4+. The molecule has 2 bridgehead atoms. The van der Waals surface area contributed by atoms with E-state index in [0.717, 1.165) is 11.9 Å². The van der Waals surface area contributed by atoms with Crippen LogP contribution >= 0.6 is 0 Å². The number of aromatic nitrogens is 1. The number of oxazole rings is 1. The molecule has 2 aromatic carbocycles. The number of nitrogens with one attached hydrogen (secondary N) is 1. The minimum Gasteiger partial charge on any atom is -0.507 e. The SMILES string of the molecule is CC1(C)CC2CC(C)(C[NH+]2Cc2c(O)ccc3cc(-c4nc5ccccc5o4)c(=O)oc23)C1. The van der Waals surface area contributed by atoms with Gasteiger partial charge in [-0.1, -0.05) is 32.9 Å². The molecule has 2 N–H and O–H groups in total. The third kappa shape index (κ3) is 3.44.